The van der Waals surface area contributed by atoms with Crippen LogP contribution in [0.5, 0.6) is 0 Å². The molecule has 0 unspecified atom stereocenters. The Hall–Kier alpha value is -1.85. The van der Waals surface area contributed by atoms with Gasteiger partial charge in [0.15, 0.2) is 0 Å². The topological polar surface area (TPSA) is 84.2 Å². The first-order valence-corrected chi connectivity index (χ1v) is 6.59. The number of aromatic nitrogens is 2. The number of carbonyl (C=O) groups is 2. The average Bonchev–Trinajstić information content (AvgIpc) is 2.80. The Morgan fingerprint density at radius 1 is 1.42 bits per heavy atom. The number of rotatable bonds is 4. The molecule has 1 aliphatic carbocycles. The van der Waals surface area contributed by atoms with Gasteiger partial charge in [-0.25, -0.2) is 0 Å². The zero-order chi connectivity index (χ0) is 13.8. The molecule has 0 aliphatic heterocycles. The summed E-state index contributed by atoms with van der Waals surface area (Å²) in [4.78, 5) is 22.5. The minimum absolute atomic E-state index is 0.170. The van der Waals surface area contributed by atoms with Crippen LogP contribution in [0, 0.1) is 5.92 Å². The second kappa shape index (κ2) is 5.86. The monoisotopic (exact) mass is 265 g/mol. The highest BCUT2D eigenvalue weighted by Crippen LogP contribution is 2.23. The van der Waals surface area contributed by atoms with Crippen LogP contribution in [0.3, 0.4) is 0 Å². The molecule has 1 aromatic rings. The number of nitrogens with zero attached hydrogens (tertiary/aromatic N) is 2. The van der Waals surface area contributed by atoms with Crippen LogP contribution in [0.25, 0.3) is 0 Å². The van der Waals surface area contributed by atoms with Crippen molar-refractivity contribution in [1.82, 2.24) is 15.1 Å². The summed E-state index contributed by atoms with van der Waals surface area (Å²) in [6.07, 6.45) is 7.18. The van der Waals surface area contributed by atoms with Crippen molar-refractivity contribution >= 4 is 11.9 Å². The second-order valence-electron chi connectivity index (χ2n) is 5.25. The molecule has 2 N–H and O–H groups in total. The van der Waals surface area contributed by atoms with Gasteiger partial charge in [0.05, 0.1) is 11.8 Å². The van der Waals surface area contributed by atoms with E-state index in [-0.39, 0.29) is 18.5 Å². The highest BCUT2D eigenvalue weighted by molar-refractivity contribution is 5.93. The van der Waals surface area contributed by atoms with Crippen LogP contribution >= 0.6 is 0 Å². The minimum Gasteiger partial charge on any atom is -0.480 e. The predicted molar refractivity (Wildman–Crippen MR) is 68.7 cm³/mol. The molecule has 1 saturated carbocycles. The number of hydrogen-bond acceptors (Lipinski definition) is 3. The molecule has 0 spiro atoms. The van der Waals surface area contributed by atoms with Gasteiger partial charge in [0.1, 0.15) is 6.54 Å². The number of nitrogens with one attached hydrogen (secondary N) is 1. The van der Waals surface area contributed by atoms with E-state index in [2.05, 4.69) is 17.3 Å². The van der Waals surface area contributed by atoms with E-state index in [0.717, 1.165) is 31.6 Å². The minimum atomic E-state index is -0.976. The first kappa shape index (κ1) is 13.6. The maximum absolute atomic E-state index is 12.0. The maximum atomic E-state index is 12.0. The highest BCUT2D eigenvalue weighted by atomic mass is 16.4. The Morgan fingerprint density at radius 3 is 2.74 bits per heavy atom. The summed E-state index contributed by atoms with van der Waals surface area (Å²) in [6, 6.07) is 0.228. The first-order valence-electron chi connectivity index (χ1n) is 6.59. The molecule has 1 aliphatic rings. The molecule has 0 radical (unpaired) electrons. The second-order valence-corrected chi connectivity index (χ2v) is 5.25. The fraction of sp³-hybridized carbons (Fsp3) is 0.615. The van der Waals surface area contributed by atoms with Gasteiger partial charge in [-0.2, -0.15) is 5.10 Å². The Balaban J connectivity index is 1.89. The van der Waals surface area contributed by atoms with Gasteiger partial charge >= 0.3 is 5.97 Å². The van der Waals surface area contributed by atoms with Crippen molar-refractivity contribution in [1.29, 1.82) is 0 Å². The number of amides is 1. The van der Waals surface area contributed by atoms with Crippen LogP contribution in [0.1, 0.15) is 43.0 Å². The van der Waals surface area contributed by atoms with Crippen LogP contribution < -0.4 is 5.32 Å². The molecule has 2 rings (SSSR count). The number of hydrogen-bond donors (Lipinski definition) is 2. The molecule has 0 saturated heterocycles. The van der Waals surface area contributed by atoms with Gasteiger partial charge in [0.2, 0.25) is 0 Å². The number of carbonyl (C=O) groups excluding carboxylic acids is 1. The molecule has 1 aromatic heterocycles. The molecular formula is C13H19N3O3. The van der Waals surface area contributed by atoms with E-state index in [1.807, 2.05) is 0 Å². The Bertz CT molecular complexity index is 461. The van der Waals surface area contributed by atoms with Crippen molar-refractivity contribution in [3.63, 3.8) is 0 Å². The van der Waals surface area contributed by atoms with Crippen molar-refractivity contribution in [3.8, 4) is 0 Å². The van der Waals surface area contributed by atoms with E-state index in [4.69, 9.17) is 5.11 Å². The number of carboxylic acid groups (broad SMARTS) is 1. The molecule has 6 heteroatoms. The lowest BCUT2D eigenvalue weighted by Crippen LogP contribution is -2.37. The molecule has 6 nitrogen and oxygen atoms in total. The highest BCUT2D eigenvalue weighted by Gasteiger charge is 2.20. The zero-order valence-electron chi connectivity index (χ0n) is 11.0. The van der Waals surface area contributed by atoms with Crippen LogP contribution in [0.15, 0.2) is 12.4 Å². The summed E-state index contributed by atoms with van der Waals surface area (Å²) < 4.78 is 1.25. The van der Waals surface area contributed by atoms with Crippen LogP contribution in [-0.2, 0) is 11.3 Å². The number of carboxylic acids is 1. The molecule has 0 aromatic carbocycles. The zero-order valence-corrected chi connectivity index (χ0v) is 11.0. The normalized spacial score (nSPS) is 23.0. The van der Waals surface area contributed by atoms with Gasteiger partial charge in [-0.15, -0.1) is 0 Å². The third-order valence-electron chi connectivity index (χ3n) is 3.54. The van der Waals surface area contributed by atoms with Crippen LogP contribution in [0.2, 0.25) is 0 Å². The molecule has 0 bridgehead atoms. The molecular weight excluding hydrogens is 246 g/mol. The van der Waals surface area contributed by atoms with Gasteiger partial charge in [0, 0.05) is 12.2 Å². The van der Waals surface area contributed by atoms with Gasteiger partial charge in [-0.05, 0) is 31.6 Å². The van der Waals surface area contributed by atoms with E-state index in [1.165, 1.54) is 17.1 Å². The van der Waals surface area contributed by atoms with Crippen molar-refractivity contribution in [2.45, 2.75) is 45.2 Å². The van der Waals surface area contributed by atoms with E-state index < -0.39 is 5.97 Å². The molecule has 0 atom stereocenters. The van der Waals surface area contributed by atoms with Crippen molar-refractivity contribution in [2.24, 2.45) is 5.92 Å². The smallest absolute Gasteiger partial charge is 0.325 e. The van der Waals surface area contributed by atoms with E-state index >= 15 is 0 Å². The Kier molecular flexibility index (Phi) is 4.19. The maximum Gasteiger partial charge on any atom is 0.325 e. The quantitative estimate of drug-likeness (QED) is 0.858. The van der Waals surface area contributed by atoms with Gasteiger partial charge in [0.25, 0.3) is 5.91 Å². The van der Waals surface area contributed by atoms with E-state index in [1.54, 1.807) is 0 Å². The molecule has 19 heavy (non-hydrogen) atoms. The van der Waals surface area contributed by atoms with Crippen LogP contribution in [-0.4, -0.2) is 32.8 Å². The molecule has 1 amide bonds. The first-order chi connectivity index (χ1) is 9.04. The fourth-order valence-electron chi connectivity index (χ4n) is 2.38. The summed E-state index contributed by atoms with van der Waals surface area (Å²) in [5.74, 6) is -0.404. The summed E-state index contributed by atoms with van der Waals surface area (Å²) in [5, 5.41) is 15.5. The largest absolute Gasteiger partial charge is 0.480 e. The lowest BCUT2D eigenvalue weighted by molar-refractivity contribution is -0.137. The summed E-state index contributed by atoms with van der Waals surface area (Å²) >= 11 is 0. The van der Waals surface area contributed by atoms with Crippen molar-refractivity contribution in [3.05, 3.63) is 18.0 Å². The molecule has 1 fully saturated rings. The summed E-state index contributed by atoms with van der Waals surface area (Å²) in [7, 11) is 0. The molecule has 1 heterocycles. The van der Waals surface area contributed by atoms with E-state index in [0.29, 0.717) is 5.56 Å². The Morgan fingerprint density at radius 2 is 2.11 bits per heavy atom. The lowest BCUT2D eigenvalue weighted by Gasteiger charge is -2.26. The lowest BCUT2D eigenvalue weighted by atomic mass is 9.87. The third kappa shape index (κ3) is 3.81. The predicted octanol–water partition coefficient (Wildman–Crippen LogP) is 1.28. The summed E-state index contributed by atoms with van der Waals surface area (Å²) in [6.45, 7) is 2.00. The summed E-state index contributed by atoms with van der Waals surface area (Å²) in [5.41, 5.74) is 0.417. The number of aliphatic carboxylic acids is 1. The van der Waals surface area contributed by atoms with Crippen molar-refractivity contribution in [2.75, 3.05) is 0 Å². The Labute approximate surface area is 111 Å². The van der Waals surface area contributed by atoms with Gasteiger partial charge < -0.3 is 10.4 Å². The van der Waals surface area contributed by atoms with E-state index in [9.17, 15) is 9.59 Å². The van der Waals surface area contributed by atoms with Gasteiger partial charge in [-0.1, -0.05) is 6.92 Å². The van der Waals surface area contributed by atoms with Crippen LogP contribution in [0.4, 0.5) is 0 Å². The third-order valence-corrected chi connectivity index (χ3v) is 3.54. The molecule has 104 valence electrons. The average molecular weight is 265 g/mol. The fourth-order valence-corrected chi connectivity index (χ4v) is 2.38. The van der Waals surface area contributed by atoms with Crippen molar-refractivity contribution < 1.29 is 14.7 Å². The SMILES string of the molecule is CC1CCC(NC(=O)c2cnn(CC(=O)O)c2)CC1. The standard InChI is InChI=1S/C13H19N3O3/c1-9-2-4-11(5-3-9)15-13(19)10-6-14-16(7-10)8-12(17)18/h6-7,9,11H,2-5,8H2,1H3,(H,15,19)(H,17,18). The van der Waals surface area contributed by atoms with Gasteiger partial charge in [-0.3, -0.25) is 14.3 Å².